The Balaban J connectivity index is 0.854. The Morgan fingerprint density at radius 3 is 1.62 bits per heavy atom. The van der Waals surface area contributed by atoms with Crippen molar-refractivity contribution < 1.29 is 0 Å². The summed E-state index contributed by atoms with van der Waals surface area (Å²) in [5.41, 5.74) is 15.0. The van der Waals surface area contributed by atoms with Crippen LogP contribution in [-0.4, -0.2) is 10.9 Å². The Bertz CT molecular complexity index is 2460. The molecule has 0 aliphatic heterocycles. The highest BCUT2D eigenvalue weighted by Crippen LogP contribution is 2.44. The van der Waals surface area contributed by atoms with Gasteiger partial charge in [0.2, 0.25) is 0 Å². The molecule has 0 aromatic carbocycles. The van der Waals surface area contributed by atoms with Gasteiger partial charge in [-0.2, -0.15) is 0 Å². The molecule has 1 nitrogen and oxygen atoms in total. The first-order valence-electron chi connectivity index (χ1n) is 25.6. The number of hydrogen-bond donors (Lipinski definition) is 0. The van der Waals surface area contributed by atoms with E-state index in [1.54, 1.807) is 11.1 Å². The molecule has 8 atom stereocenters. The average Bonchev–Trinajstić information content (AvgIpc) is 3.40. The van der Waals surface area contributed by atoms with Crippen molar-refractivity contribution in [3.63, 3.8) is 0 Å². The minimum Gasteiger partial charge on any atom is -0.338 e. The SMILES string of the molecule is CC(C1=CC=C(C2=CC=C(N(C3=CCC(C4=CCCC=C4)C=C3)C3C=CC(C4C=CC=CC4)=CC3)CC2)CC1)C(CC1=CCC(C2=CCCC=C2)C=C1)C1C=CC(C2C=CC=CC2)=CC1. The van der Waals surface area contributed by atoms with E-state index in [0.29, 0.717) is 47.5 Å². The molecule has 0 amide bonds. The Labute approximate surface area is 392 Å². The first-order chi connectivity index (χ1) is 32.1. The molecule has 0 heterocycles. The Morgan fingerprint density at radius 1 is 0.477 bits per heavy atom. The molecule has 8 unspecified atom stereocenters. The first kappa shape index (κ1) is 43.5. The normalized spacial score (nSPS) is 30.2. The summed E-state index contributed by atoms with van der Waals surface area (Å²) < 4.78 is 0. The minimum absolute atomic E-state index is 0.327. The van der Waals surface area contributed by atoms with E-state index in [2.05, 4.69) is 194 Å². The summed E-state index contributed by atoms with van der Waals surface area (Å²) in [6.45, 7) is 2.55. The van der Waals surface area contributed by atoms with E-state index in [1.807, 2.05) is 0 Å². The van der Waals surface area contributed by atoms with Gasteiger partial charge in [0.25, 0.3) is 0 Å². The van der Waals surface area contributed by atoms with E-state index >= 15 is 0 Å². The van der Waals surface area contributed by atoms with Crippen LogP contribution in [0.2, 0.25) is 0 Å². The molecule has 0 N–H and O–H groups in total. The molecule has 10 aliphatic carbocycles. The highest BCUT2D eigenvalue weighted by atomic mass is 15.2. The molecule has 10 aliphatic rings. The number of rotatable bonds is 13. The largest absolute Gasteiger partial charge is 0.338 e. The number of allylic oxidation sites excluding steroid dienone is 37. The van der Waals surface area contributed by atoms with Crippen LogP contribution in [0.3, 0.4) is 0 Å². The van der Waals surface area contributed by atoms with Gasteiger partial charge < -0.3 is 4.90 Å². The first-order valence-corrected chi connectivity index (χ1v) is 25.6. The van der Waals surface area contributed by atoms with Gasteiger partial charge in [-0.3, -0.25) is 0 Å². The second-order valence-electron chi connectivity index (χ2n) is 20.1. The summed E-state index contributed by atoms with van der Waals surface area (Å²) in [5, 5.41) is 0. The fourth-order valence-corrected chi connectivity index (χ4v) is 12.1. The van der Waals surface area contributed by atoms with Crippen molar-refractivity contribution in [2.75, 3.05) is 0 Å². The van der Waals surface area contributed by atoms with Crippen molar-refractivity contribution >= 4 is 0 Å². The zero-order chi connectivity index (χ0) is 43.8. The molecule has 0 spiro atoms. The topological polar surface area (TPSA) is 3.24 Å². The van der Waals surface area contributed by atoms with Crippen LogP contribution in [-0.2, 0) is 0 Å². The standard InChI is InChI=1S/C64H71N/c1-47(64(60-32-30-55(31-33-60)51-16-8-3-9-17-51)46-48-22-24-54(25-23-48)50-14-6-2-7-15-50)49-26-28-56(29-27-49)59-38-44-63(45-39-59)65(61-40-34-57(35-41-61)52-18-10-4-11-19-52)62-42-36-58(37-43-62)53-20-12-5-13-21-53/h3-4,6,8-12,14-16,18,20-24,26,28,30-32,34-36,38,40,42-44,47,51-52,54,58,60-61,64H,2,5,7,13,17,19,25,27,29,33,37,39,41,45-46H2,1H3. The van der Waals surface area contributed by atoms with Crippen LogP contribution in [0, 0.1) is 41.4 Å². The van der Waals surface area contributed by atoms with E-state index in [-0.39, 0.29) is 0 Å². The number of hydrogen-bond acceptors (Lipinski definition) is 1. The van der Waals surface area contributed by atoms with Crippen LogP contribution >= 0.6 is 0 Å². The van der Waals surface area contributed by atoms with E-state index in [4.69, 9.17) is 0 Å². The summed E-state index contributed by atoms with van der Waals surface area (Å²) in [5.74, 6) is 3.69. The van der Waals surface area contributed by atoms with Gasteiger partial charge in [0.05, 0.1) is 6.04 Å². The highest BCUT2D eigenvalue weighted by molar-refractivity contribution is 5.46. The lowest BCUT2D eigenvalue weighted by Gasteiger charge is -2.38. The molecular formula is C64H71N. The van der Waals surface area contributed by atoms with Gasteiger partial charge in [0.1, 0.15) is 0 Å². The second kappa shape index (κ2) is 20.8. The van der Waals surface area contributed by atoms with Crippen molar-refractivity contribution in [1.29, 1.82) is 0 Å². The van der Waals surface area contributed by atoms with Crippen LogP contribution in [0.5, 0.6) is 0 Å². The van der Waals surface area contributed by atoms with Crippen molar-refractivity contribution in [3.8, 4) is 0 Å². The summed E-state index contributed by atoms with van der Waals surface area (Å²) in [7, 11) is 0. The maximum absolute atomic E-state index is 2.68. The third-order valence-electron chi connectivity index (χ3n) is 16.1. The zero-order valence-corrected chi connectivity index (χ0v) is 39.0. The smallest absolute Gasteiger partial charge is 0.0556 e. The number of nitrogens with zero attached hydrogens (tertiary/aromatic N) is 1. The van der Waals surface area contributed by atoms with Gasteiger partial charge in [-0.15, -0.1) is 0 Å². The fourth-order valence-electron chi connectivity index (χ4n) is 12.1. The third kappa shape index (κ3) is 10.4. The monoisotopic (exact) mass is 854 g/mol. The minimum atomic E-state index is 0.327. The van der Waals surface area contributed by atoms with Crippen LogP contribution in [0.25, 0.3) is 0 Å². The molecule has 0 radical (unpaired) electrons. The maximum Gasteiger partial charge on any atom is 0.0556 e. The summed E-state index contributed by atoms with van der Waals surface area (Å²) in [4.78, 5) is 2.68. The quantitative estimate of drug-likeness (QED) is 0.178. The summed E-state index contributed by atoms with van der Waals surface area (Å²) in [6.07, 6.45) is 89.5. The van der Waals surface area contributed by atoms with Crippen molar-refractivity contribution in [3.05, 3.63) is 238 Å². The molecular weight excluding hydrogens is 783 g/mol. The van der Waals surface area contributed by atoms with E-state index < -0.39 is 0 Å². The molecule has 0 saturated carbocycles. The Kier molecular flexibility index (Phi) is 13.9. The third-order valence-corrected chi connectivity index (χ3v) is 16.1. The molecule has 1 heteroatoms. The van der Waals surface area contributed by atoms with E-state index in [0.717, 1.165) is 70.6 Å². The van der Waals surface area contributed by atoms with E-state index in [1.165, 1.54) is 70.5 Å². The van der Waals surface area contributed by atoms with Gasteiger partial charge in [-0.1, -0.05) is 188 Å². The van der Waals surface area contributed by atoms with Gasteiger partial charge in [-0.05, 0) is 160 Å². The fraction of sp³-hybridized carbons (Fsp3) is 0.375. The Morgan fingerprint density at radius 2 is 1.11 bits per heavy atom. The second-order valence-corrected chi connectivity index (χ2v) is 20.1. The predicted molar refractivity (Wildman–Crippen MR) is 277 cm³/mol. The lowest BCUT2D eigenvalue weighted by atomic mass is 9.69. The van der Waals surface area contributed by atoms with Crippen LogP contribution in [0.4, 0.5) is 0 Å². The molecule has 0 bridgehead atoms. The molecule has 65 heavy (non-hydrogen) atoms. The molecule has 332 valence electrons. The van der Waals surface area contributed by atoms with Crippen molar-refractivity contribution in [2.45, 2.75) is 109 Å². The lowest BCUT2D eigenvalue weighted by Crippen LogP contribution is -2.34. The van der Waals surface area contributed by atoms with Crippen LogP contribution in [0.15, 0.2) is 238 Å². The Hall–Kier alpha value is -5.40. The molecule has 0 aromatic heterocycles. The van der Waals surface area contributed by atoms with Gasteiger partial charge in [0, 0.05) is 35.1 Å². The average molecular weight is 854 g/mol. The van der Waals surface area contributed by atoms with Gasteiger partial charge in [0.15, 0.2) is 0 Å². The molecule has 0 aromatic rings. The zero-order valence-electron chi connectivity index (χ0n) is 39.0. The van der Waals surface area contributed by atoms with Crippen molar-refractivity contribution in [1.82, 2.24) is 4.90 Å². The molecule has 0 saturated heterocycles. The predicted octanol–water partition coefficient (Wildman–Crippen LogP) is 16.7. The lowest BCUT2D eigenvalue weighted by molar-refractivity contribution is 0.302. The van der Waals surface area contributed by atoms with E-state index in [9.17, 15) is 0 Å². The van der Waals surface area contributed by atoms with Crippen LogP contribution < -0.4 is 0 Å². The molecule has 10 rings (SSSR count). The van der Waals surface area contributed by atoms with Crippen LogP contribution in [0.1, 0.15) is 103 Å². The van der Waals surface area contributed by atoms with Crippen molar-refractivity contribution in [2.24, 2.45) is 41.4 Å². The summed E-state index contributed by atoms with van der Waals surface area (Å²) >= 11 is 0. The molecule has 0 fully saturated rings. The maximum atomic E-state index is 2.68. The highest BCUT2D eigenvalue weighted by Gasteiger charge is 2.32. The summed E-state index contributed by atoms with van der Waals surface area (Å²) in [6, 6.07) is 0.327. The van der Waals surface area contributed by atoms with Gasteiger partial charge >= 0.3 is 0 Å². The van der Waals surface area contributed by atoms with Gasteiger partial charge in [-0.25, -0.2) is 0 Å².